The molecule has 0 fully saturated rings. The van der Waals surface area contributed by atoms with E-state index in [0.29, 0.717) is 11.7 Å². The minimum atomic E-state index is 0.425. The summed E-state index contributed by atoms with van der Waals surface area (Å²) in [5.74, 6) is 2.58. The van der Waals surface area contributed by atoms with Crippen LogP contribution in [0.15, 0.2) is 24.4 Å². The lowest BCUT2D eigenvalue weighted by Crippen LogP contribution is -2.20. The fourth-order valence-electron chi connectivity index (χ4n) is 2.06. The molecular formula is C16H23N5O2. The molecule has 7 heteroatoms. The SMILES string of the molecule is CCCCN(C)c1cnnc(Nc2ccc(OC)cc2OC)n1. The van der Waals surface area contributed by atoms with Gasteiger partial charge in [-0.15, -0.1) is 5.10 Å². The Hall–Kier alpha value is -2.57. The number of rotatable bonds is 8. The number of hydrogen-bond acceptors (Lipinski definition) is 7. The molecule has 1 aromatic heterocycles. The van der Waals surface area contributed by atoms with Crippen LogP contribution in [0.3, 0.4) is 0 Å². The third-order valence-corrected chi connectivity index (χ3v) is 3.44. The maximum atomic E-state index is 5.36. The highest BCUT2D eigenvalue weighted by atomic mass is 16.5. The molecule has 2 rings (SSSR count). The van der Waals surface area contributed by atoms with E-state index in [4.69, 9.17) is 9.47 Å². The highest BCUT2D eigenvalue weighted by Gasteiger charge is 2.09. The van der Waals surface area contributed by atoms with Crippen molar-refractivity contribution in [1.29, 1.82) is 0 Å². The van der Waals surface area contributed by atoms with E-state index in [0.717, 1.165) is 36.6 Å². The second kappa shape index (κ2) is 8.17. The number of benzene rings is 1. The van der Waals surface area contributed by atoms with E-state index in [1.165, 1.54) is 0 Å². The largest absolute Gasteiger partial charge is 0.497 e. The summed E-state index contributed by atoms with van der Waals surface area (Å²) in [6.07, 6.45) is 3.90. The smallest absolute Gasteiger partial charge is 0.249 e. The van der Waals surface area contributed by atoms with Crippen molar-refractivity contribution in [3.05, 3.63) is 24.4 Å². The minimum Gasteiger partial charge on any atom is -0.497 e. The number of hydrogen-bond donors (Lipinski definition) is 1. The standard InChI is InChI=1S/C16H23N5O2/c1-5-6-9-21(2)15-11-17-20-16(19-15)18-13-8-7-12(22-3)10-14(13)23-4/h7-8,10-11H,5-6,9H2,1-4H3,(H,18,19,20). The van der Waals surface area contributed by atoms with E-state index >= 15 is 0 Å². The molecule has 7 nitrogen and oxygen atoms in total. The van der Waals surface area contributed by atoms with Gasteiger partial charge in [0.05, 0.1) is 26.1 Å². The van der Waals surface area contributed by atoms with E-state index in [9.17, 15) is 0 Å². The summed E-state index contributed by atoms with van der Waals surface area (Å²) < 4.78 is 10.6. The summed E-state index contributed by atoms with van der Waals surface area (Å²) in [6, 6.07) is 5.50. The van der Waals surface area contributed by atoms with Crippen LogP contribution < -0.4 is 19.7 Å². The van der Waals surface area contributed by atoms with E-state index in [1.807, 2.05) is 19.2 Å². The van der Waals surface area contributed by atoms with Crippen molar-refractivity contribution in [1.82, 2.24) is 15.2 Å². The van der Waals surface area contributed by atoms with Crippen molar-refractivity contribution in [2.45, 2.75) is 19.8 Å². The Bertz CT molecular complexity index is 636. The van der Waals surface area contributed by atoms with E-state index in [2.05, 4.69) is 32.3 Å². The lowest BCUT2D eigenvalue weighted by Gasteiger charge is -2.17. The van der Waals surface area contributed by atoms with Gasteiger partial charge in [0.25, 0.3) is 0 Å². The van der Waals surface area contributed by atoms with Crippen molar-refractivity contribution in [2.75, 3.05) is 38.0 Å². The van der Waals surface area contributed by atoms with Gasteiger partial charge in [0.1, 0.15) is 11.5 Å². The molecule has 0 unspecified atom stereocenters. The van der Waals surface area contributed by atoms with Crippen molar-refractivity contribution in [3.8, 4) is 11.5 Å². The molecule has 0 saturated heterocycles. The van der Waals surface area contributed by atoms with Crippen LogP contribution in [0.25, 0.3) is 0 Å². The van der Waals surface area contributed by atoms with Gasteiger partial charge in [0, 0.05) is 19.7 Å². The van der Waals surface area contributed by atoms with Gasteiger partial charge in [-0.05, 0) is 18.6 Å². The molecule has 2 aromatic rings. The maximum Gasteiger partial charge on any atom is 0.249 e. The first-order chi connectivity index (χ1) is 11.2. The molecule has 1 N–H and O–H groups in total. The highest BCUT2D eigenvalue weighted by molar-refractivity contribution is 5.64. The Labute approximate surface area is 136 Å². The minimum absolute atomic E-state index is 0.425. The van der Waals surface area contributed by atoms with Gasteiger partial charge in [-0.2, -0.15) is 10.1 Å². The molecule has 0 spiro atoms. The van der Waals surface area contributed by atoms with Crippen LogP contribution in [0.4, 0.5) is 17.5 Å². The van der Waals surface area contributed by atoms with Crippen molar-refractivity contribution in [2.24, 2.45) is 0 Å². The highest BCUT2D eigenvalue weighted by Crippen LogP contribution is 2.30. The molecular weight excluding hydrogens is 294 g/mol. The monoisotopic (exact) mass is 317 g/mol. The first-order valence-corrected chi connectivity index (χ1v) is 7.57. The molecule has 0 amide bonds. The van der Waals surface area contributed by atoms with E-state index in [-0.39, 0.29) is 0 Å². The van der Waals surface area contributed by atoms with Crippen LogP contribution in [-0.4, -0.2) is 43.0 Å². The summed E-state index contributed by atoms with van der Waals surface area (Å²) in [6.45, 7) is 3.09. The fourth-order valence-corrected chi connectivity index (χ4v) is 2.06. The van der Waals surface area contributed by atoms with Crippen LogP contribution >= 0.6 is 0 Å². The topological polar surface area (TPSA) is 72.4 Å². The summed E-state index contributed by atoms with van der Waals surface area (Å²) in [5, 5.41) is 11.2. The lowest BCUT2D eigenvalue weighted by molar-refractivity contribution is 0.395. The lowest BCUT2D eigenvalue weighted by atomic mass is 10.2. The summed E-state index contributed by atoms with van der Waals surface area (Å²) >= 11 is 0. The third kappa shape index (κ3) is 4.45. The zero-order valence-electron chi connectivity index (χ0n) is 14.0. The van der Waals surface area contributed by atoms with Gasteiger partial charge in [-0.25, -0.2) is 0 Å². The molecule has 1 aromatic carbocycles. The molecule has 0 aliphatic carbocycles. The van der Waals surface area contributed by atoms with Crippen molar-refractivity contribution < 1.29 is 9.47 Å². The Balaban J connectivity index is 2.17. The second-order valence-corrected chi connectivity index (χ2v) is 5.10. The quantitative estimate of drug-likeness (QED) is 0.802. The number of ether oxygens (including phenoxy) is 2. The first kappa shape index (κ1) is 16.8. The molecule has 23 heavy (non-hydrogen) atoms. The zero-order chi connectivity index (χ0) is 16.7. The molecule has 0 bridgehead atoms. The fraction of sp³-hybridized carbons (Fsp3) is 0.438. The Morgan fingerprint density at radius 2 is 2.04 bits per heavy atom. The van der Waals surface area contributed by atoms with Crippen molar-refractivity contribution >= 4 is 17.5 Å². The third-order valence-electron chi connectivity index (χ3n) is 3.44. The van der Waals surface area contributed by atoms with E-state index < -0.39 is 0 Å². The second-order valence-electron chi connectivity index (χ2n) is 5.10. The normalized spacial score (nSPS) is 10.3. The number of unbranched alkanes of at least 4 members (excludes halogenated alkanes) is 1. The summed E-state index contributed by atoms with van der Waals surface area (Å²) in [4.78, 5) is 6.56. The molecule has 0 aliphatic rings. The number of anilines is 3. The summed E-state index contributed by atoms with van der Waals surface area (Å²) in [5.41, 5.74) is 0.753. The van der Waals surface area contributed by atoms with Crippen LogP contribution in [0, 0.1) is 0 Å². The summed E-state index contributed by atoms with van der Waals surface area (Å²) in [7, 11) is 5.22. The number of aromatic nitrogens is 3. The molecule has 0 radical (unpaired) electrons. The molecule has 1 heterocycles. The van der Waals surface area contributed by atoms with Gasteiger partial charge >= 0.3 is 0 Å². The van der Waals surface area contributed by atoms with Gasteiger partial charge in [0.2, 0.25) is 5.95 Å². The predicted molar refractivity (Wildman–Crippen MR) is 90.8 cm³/mol. The molecule has 0 aliphatic heterocycles. The predicted octanol–water partition coefficient (Wildman–Crippen LogP) is 2.87. The Morgan fingerprint density at radius 3 is 2.74 bits per heavy atom. The van der Waals surface area contributed by atoms with Gasteiger partial charge < -0.3 is 19.7 Å². The molecule has 124 valence electrons. The maximum absolute atomic E-state index is 5.36. The zero-order valence-corrected chi connectivity index (χ0v) is 14.0. The van der Waals surface area contributed by atoms with Gasteiger partial charge in [-0.1, -0.05) is 13.3 Å². The van der Waals surface area contributed by atoms with Crippen LogP contribution in [0.1, 0.15) is 19.8 Å². The average Bonchev–Trinajstić information content (AvgIpc) is 2.60. The molecule has 0 atom stereocenters. The first-order valence-electron chi connectivity index (χ1n) is 7.57. The Morgan fingerprint density at radius 1 is 1.22 bits per heavy atom. The van der Waals surface area contributed by atoms with Crippen LogP contribution in [0.5, 0.6) is 11.5 Å². The van der Waals surface area contributed by atoms with Gasteiger partial charge in [0.15, 0.2) is 5.82 Å². The number of nitrogens with zero attached hydrogens (tertiary/aromatic N) is 4. The number of nitrogens with one attached hydrogen (secondary N) is 1. The Kier molecular flexibility index (Phi) is 5.96. The van der Waals surface area contributed by atoms with Crippen molar-refractivity contribution in [3.63, 3.8) is 0 Å². The average molecular weight is 317 g/mol. The molecule has 0 saturated carbocycles. The van der Waals surface area contributed by atoms with Gasteiger partial charge in [-0.3, -0.25) is 0 Å². The van der Waals surface area contributed by atoms with E-state index in [1.54, 1.807) is 26.5 Å². The number of methoxy groups -OCH3 is 2. The van der Waals surface area contributed by atoms with Crippen LogP contribution in [0.2, 0.25) is 0 Å². The van der Waals surface area contributed by atoms with Crippen LogP contribution in [-0.2, 0) is 0 Å².